The van der Waals surface area contributed by atoms with Gasteiger partial charge in [0.1, 0.15) is 0 Å². The first-order valence-corrected chi connectivity index (χ1v) is 5.91. The van der Waals surface area contributed by atoms with Crippen molar-refractivity contribution in [3.8, 4) is 6.07 Å². The maximum Gasteiger partial charge on any atom is 0.0967 e. The molecule has 0 amide bonds. The monoisotopic (exact) mass is 211 g/mol. The normalized spacial score (nSPS) is 13.5. The van der Waals surface area contributed by atoms with Gasteiger partial charge in [-0.05, 0) is 40.7 Å². The Morgan fingerprint density at radius 1 is 1.27 bits per heavy atom. The molecule has 3 nitrogen and oxygen atoms in total. The Labute approximate surface area is 94.5 Å². The second-order valence-corrected chi connectivity index (χ2v) is 4.51. The number of hydrogen-bond acceptors (Lipinski definition) is 3. The van der Waals surface area contributed by atoms with E-state index in [0.717, 1.165) is 19.5 Å². The molecule has 0 aliphatic rings. The van der Waals surface area contributed by atoms with Crippen molar-refractivity contribution < 1.29 is 0 Å². The SMILES string of the molecule is CCN(CCC(C#N)NC(C)C)C(C)C. The van der Waals surface area contributed by atoms with Gasteiger partial charge in [-0.1, -0.05) is 6.92 Å². The van der Waals surface area contributed by atoms with Gasteiger partial charge in [-0.3, -0.25) is 5.32 Å². The molecule has 88 valence electrons. The van der Waals surface area contributed by atoms with Crippen LogP contribution in [0.15, 0.2) is 0 Å². The third-order valence-corrected chi connectivity index (χ3v) is 2.53. The Bertz CT molecular complexity index is 194. The highest BCUT2D eigenvalue weighted by Crippen LogP contribution is 2.01. The van der Waals surface area contributed by atoms with Crippen LogP contribution >= 0.6 is 0 Å². The van der Waals surface area contributed by atoms with Crippen LogP contribution in [0.5, 0.6) is 0 Å². The summed E-state index contributed by atoms with van der Waals surface area (Å²) in [6.07, 6.45) is 0.903. The molecule has 1 unspecified atom stereocenters. The van der Waals surface area contributed by atoms with E-state index in [-0.39, 0.29) is 6.04 Å². The lowest BCUT2D eigenvalue weighted by Crippen LogP contribution is -2.39. The Balaban J connectivity index is 3.94. The van der Waals surface area contributed by atoms with Crippen LogP contribution in [0, 0.1) is 11.3 Å². The van der Waals surface area contributed by atoms with Gasteiger partial charge in [0.25, 0.3) is 0 Å². The Morgan fingerprint density at radius 3 is 2.20 bits per heavy atom. The first-order valence-electron chi connectivity index (χ1n) is 5.91. The summed E-state index contributed by atoms with van der Waals surface area (Å²) in [5.74, 6) is 0. The van der Waals surface area contributed by atoms with Crippen LogP contribution in [0.4, 0.5) is 0 Å². The highest BCUT2D eigenvalue weighted by atomic mass is 15.1. The first-order chi connectivity index (χ1) is 7.01. The number of nitriles is 1. The van der Waals surface area contributed by atoms with Crippen molar-refractivity contribution >= 4 is 0 Å². The van der Waals surface area contributed by atoms with E-state index in [0.29, 0.717) is 12.1 Å². The lowest BCUT2D eigenvalue weighted by molar-refractivity contribution is 0.224. The van der Waals surface area contributed by atoms with Gasteiger partial charge in [0.15, 0.2) is 0 Å². The van der Waals surface area contributed by atoms with Gasteiger partial charge in [-0.2, -0.15) is 5.26 Å². The summed E-state index contributed by atoms with van der Waals surface area (Å²) < 4.78 is 0. The Morgan fingerprint density at radius 2 is 1.87 bits per heavy atom. The Hall–Kier alpha value is -0.590. The number of rotatable bonds is 7. The standard InChI is InChI=1S/C12H25N3/c1-6-15(11(4)5)8-7-12(9-13)14-10(2)3/h10-12,14H,6-8H2,1-5H3. The van der Waals surface area contributed by atoms with Gasteiger partial charge in [0.05, 0.1) is 12.1 Å². The zero-order valence-corrected chi connectivity index (χ0v) is 10.7. The molecule has 0 rings (SSSR count). The molecule has 0 heterocycles. The van der Waals surface area contributed by atoms with Crippen LogP contribution < -0.4 is 5.32 Å². The average molecular weight is 211 g/mol. The number of nitrogens with one attached hydrogen (secondary N) is 1. The molecule has 0 fully saturated rings. The average Bonchev–Trinajstić information content (AvgIpc) is 2.15. The summed E-state index contributed by atoms with van der Waals surface area (Å²) in [5, 5.41) is 12.2. The number of hydrogen-bond donors (Lipinski definition) is 1. The van der Waals surface area contributed by atoms with Crippen molar-refractivity contribution in [2.24, 2.45) is 0 Å². The second kappa shape index (κ2) is 7.67. The molecule has 1 N–H and O–H groups in total. The third-order valence-electron chi connectivity index (χ3n) is 2.53. The zero-order valence-electron chi connectivity index (χ0n) is 10.7. The van der Waals surface area contributed by atoms with Crippen LogP contribution in [0.3, 0.4) is 0 Å². The van der Waals surface area contributed by atoms with E-state index in [2.05, 4.69) is 50.9 Å². The molecule has 0 saturated carbocycles. The molecule has 0 bridgehead atoms. The van der Waals surface area contributed by atoms with E-state index in [1.165, 1.54) is 0 Å². The lowest BCUT2D eigenvalue weighted by atomic mass is 10.2. The molecular formula is C12H25N3. The topological polar surface area (TPSA) is 39.1 Å². The van der Waals surface area contributed by atoms with Crippen LogP contribution in [0.2, 0.25) is 0 Å². The maximum absolute atomic E-state index is 8.97. The first kappa shape index (κ1) is 14.4. The molecule has 0 aromatic carbocycles. The predicted octanol–water partition coefficient (Wildman–Crippen LogP) is 2.00. The van der Waals surface area contributed by atoms with Crippen LogP contribution in [-0.4, -0.2) is 36.1 Å². The minimum absolute atomic E-state index is 0.0159. The fourth-order valence-corrected chi connectivity index (χ4v) is 1.66. The van der Waals surface area contributed by atoms with E-state index in [1.54, 1.807) is 0 Å². The van der Waals surface area contributed by atoms with Crippen LogP contribution in [0.25, 0.3) is 0 Å². The van der Waals surface area contributed by atoms with Crippen molar-refractivity contribution in [3.63, 3.8) is 0 Å². The number of nitrogens with zero attached hydrogens (tertiary/aromatic N) is 2. The smallest absolute Gasteiger partial charge is 0.0967 e. The highest BCUT2D eigenvalue weighted by Gasteiger charge is 2.12. The lowest BCUT2D eigenvalue weighted by Gasteiger charge is -2.26. The van der Waals surface area contributed by atoms with Gasteiger partial charge in [-0.25, -0.2) is 0 Å². The predicted molar refractivity (Wildman–Crippen MR) is 64.7 cm³/mol. The van der Waals surface area contributed by atoms with Gasteiger partial charge in [0.2, 0.25) is 0 Å². The van der Waals surface area contributed by atoms with Gasteiger partial charge >= 0.3 is 0 Å². The van der Waals surface area contributed by atoms with Crippen molar-refractivity contribution in [3.05, 3.63) is 0 Å². The fraction of sp³-hybridized carbons (Fsp3) is 0.917. The van der Waals surface area contributed by atoms with Crippen molar-refractivity contribution in [1.82, 2.24) is 10.2 Å². The zero-order chi connectivity index (χ0) is 11.8. The summed E-state index contributed by atoms with van der Waals surface area (Å²) >= 11 is 0. The maximum atomic E-state index is 8.97. The summed E-state index contributed by atoms with van der Waals surface area (Å²) in [7, 11) is 0. The molecule has 0 aliphatic carbocycles. The van der Waals surface area contributed by atoms with Crippen molar-refractivity contribution in [2.45, 2.75) is 59.2 Å². The van der Waals surface area contributed by atoms with E-state index in [9.17, 15) is 0 Å². The van der Waals surface area contributed by atoms with Crippen LogP contribution in [-0.2, 0) is 0 Å². The van der Waals surface area contributed by atoms with Gasteiger partial charge in [0, 0.05) is 18.6 Å². The third kappa shape index (κ3) is 6.48. The second-order valence-electron chi connectivity index (χ2n) is 4.51. The molecule has 1 atom stereocenters. The largest absolute Gasteiger partial charge is 0.301 e. The molecule has 0 aromatic heterocycles. The minimum atomic E-state index is -0.0159. The fourth-order valence-electron chi connectivity index (χ4n) is 1.66. The van der Waals surface area contributed by atoms with E-state index < -0.39 is 0 Å². The van der Waals surface area contributed by atoms with Crippen molar-refractivity contribution in [1.29, 1.82) is 5.26 Å². The molecule has 3 heteroatoms. The van der Waals surface area contributed by atoms with Crippen LogP contribution in [0.1, 0.15) is 41.0 Å². The molecule has 15 heavy (non-hydrogen) atoms. The minimum Gasteiger partial charge on any atom is -0.301 e. The molecule has 0 saturated heterocycles. The molecule has 0 aromatic rings. The summed E-state index contributed by atoms with van der Waals surface area (Å²) in [5.41, 5.74) is 0. The summed E-state index contributed by atoms with van der Waals surface area (Å²) in [4.78, 5) is 2.38. The van der Waals surface area contributed by atoms with Gasteiger partial charge in [-0.15, -0.1) is 0 Å². The Kier molecular flexibility index (Phi) is 7.37. The van der Waals surface area contributed by atoms with E-state index in [4.69, 9.17) is 5.26 Å². The van der Waals surface area contributed by atoms with E-state index >= 15 is 0 Å². The molecule has 0 radical (unpaired) electrons. The van der Waals surface area contributed by atoms with Gasteiger partial charge < -0.3 is 4.90 Å². The van der Waals surface area contributed by atoms with Crippen molar-refractivity contribution in [2.75, 3.05) is 13.1 Å². The molecular weight excluding hydrogens is 186 g/mol. The summed E-state index contributed by atoms with van der Waals surface area (Å²) in [6, 6.07) is 3.24. The summed E-state index contributed by atoms with van der Waals surface area (Å²) in [6.45, 7) is 12.7. The van der Waals surface area contributed by atoms with E-state index in [1.807, 2.05) is 0 Å². The molecule has 0 aliphatic heterocycles. The highest BCUT2D eigenvalue weighted by molar-refractivity contribution is 4.91. The quantitative estimate of drug-likeness (QED) is 0.700. The molecule has 0 spiro atoms.